The van der Waals surface area contributed by atoms with E-state index in [4.69, 9.17) is 20.3 Å². The van der Waals surface area contributed by atoms with E-state index in [1.54, 1.807) is 0 Å². The highest BCUT2D eigenvalue weighted by molar-refractivity contribution is 5.23. The van der Waals surface area contributed by atoms with Gasteiger partial charge in [0.2, 0.25) is 0 Å². The van der Waals surface area contributed by atoms with Crippen molar-refractivity contribution in [2.45, 2.75) is 24.5 Å². The normalized spacial score (nSPS) is 31.7. The Morgan fingerprint density at radius 1 is 1.67 bits per heavy atom. The number of nitrogens with zero attached hydrogens (tertiary/aromatic N) is 2. The first-order chi connectivity index (χ1) is 8.58. The number of nitrogen functional groups attached to an aromatic ring is 1. The Bertz CT molecular complexity index is 477. The van der Waals surface area contributed by atoms with Crippen molar-refractivity contribution in [3.63, 3.8) is 0 Å². The van der Waals surface area contributed by atoms with E-state index in [-0.39, 0.29) is 12.4 Å². The Kier molecular flexibility index (Phi) is 3.62. The predicted octanol–water partition coefficient (Wildman–Crippen LogP) is -1.91. The molecule has 1 aliphatic heterocycles. The van der Waals surface area contributed by atoms with Crippen molar-refractivity contribution < 1.29 is 19.7 Å². The minimum atomic E-state index is -1.02. The Hall–Kier alpha value is -1.48. The van der Waals surface area contributed by atoms with Crippen LogP contribution in [0.1, 0.15) is 6.23 Å². The highest BCUT2D eigenvalue weighted by Gasteiger charge is 2.45. The number of ether oxygens (including phenoxy) is 2. The number of aliphatic hydroxyl groups excluding tert-OH is 2. The van der Waals surface area contributed by atoms with E-state index >= 15 is 0 Å². The zero-order chi connectivity index (χ0) is 13.3. The summed E-state index contributed by atoms with van der Waals surface area (Å²) in [5, 5.41) is 18.9. The standard InChI is InChI=1S/C10H15N3O5/c1-17-8-7(15)5(4-14)18-9(8)13-3-2-6(11)12-10(13)16/h2-3,5,7-9,14-15H,4H2,1H3,(H2,11,12,16)/t5-,7+,8?,9-/m1/s1. The molecular formula is C10H15N3O5. The van der Waals surface area contributed by atoms with Gasteiger partial charge in [-0.05, 0) is 6.07 Å². The van der Waals surface area contributed by atoms with Gasteiger partial charge in [-0.15, -0.1) is 0 Å². The number of nitrogens with two attached hydrogens (primary N) is 1. The van der Waals surface area contributed by atoms with Crippen molar-refractivity contribution in [1.82, 2.24) is 9.55 Å². The smallest absolute Gasteiger partial charge is 0.351 e. The van der Waals surface area contributed by atoms with Crippen molar-refractivity contribution in [1.29, 1.82) is 0 Å². The van der Waals surface area contributed by atoms with Gasteiger partial charge in [-0.25, -0.2) is 4.79 Å². The van der Waals surface area contributed by atoms with E-state index in [1.807, 2.05) is 0 Å². The second-order valence-electron chi connectivity index (χ2n) is 3.98. The molecule has 18 heavy (non-hydrogen) atoms. The number of methoxy groups -OCH3 is 1. The summed E-state index contributed by atoms with van der Waals surface area (Å²) >= 11 is 0. The number of aromatic nitrogens is 2. The third-order valence-corrected chi connectivity index (χ3v) is 2.89. The molecule has 1 unspecified atom stereocenters. The van der Waals surface area contributed by atoms with Crippen LogP contribution in [-0.4, -0.2) is 51.8 Å². The SMILES string of the molecule is COC1[C@@H](O)[C@@H](CO)O[C@H]1n1ccc(N)nc1=O. The monoisotopic (exact) mass is 257 g/mol. The summed E-state index contributed by atoms with van der Waals surface area (Å²) in [6.45, 7) is -0.366. The molecule has 0 amide bonds. The number of aliphatic hydroxyl groups is 2. The molecule has 1 fully saturated rings. The summed E-state index contributed by atoms with van der Waals surface area (Å²) in [6, 6.07) is 1.44. The molecule has 0 spiro atoms. The molecule has 4 N–H and O–H groups in total. The van der Waals surface area contributed by atoms with Gasteiger partial charge in [0, 0.05) is 13.3 Å². The van der Waals surface area contributed by atoms with E-state index in [0.717, 1.165) is 0 Å². The molecule has 0 saturated carbocycles. The molecule has 1 saturated heterocycles. The molecule has 1 aromatic rings. The highest BCUT2D eigenvalue weighted by Crippen LogP contribution is 2.30. The van der Waals surface area contributed by atoms with Crippen LogP contribution in [0.15, 0.2) is 17.1 Å². The quantitative estimate of drug-likeness (QED) is 0.578. The first-order valence-electron chi connectivity index (χ1n) is 5.40. The summed E-state index contributed by atoms with van der Waals surface area (Å²) in [7, 11) is 1.39. The average Bonchev–Trinajstić information content (AvgIpc) is 2.65. The molecule has 4 atom stereocenters. The van der Waals surface area contributed by atoms with Gasteiger partial charge in [0.25, 0.3) is 0 Å². The molecule has 1 aromatic heterocycles. The molecular weight excluding hydrogens is 242 g/mol. The second-order valence-corrected chi connectivity index (χ2v) is 3.98. The maximum absolute atomic E-state index is 11.7. The Morgan fingerprint density at radius 3 is 2.94 bits per heavy atom. The lowest BCUT2D eigenvalue weighted by Gasteiger charge is -2.20. The van der Waals surface area contributed by atoms with E-state index < -0.39 is 30.2 Å². The molecule has 0 bridgehead atoms. The molecule has 2 heterocycles. The van der Waals surface area contributed by atoms with Gasteiger partial charge in [0.1, 0.15) is 24.1 Å². The van der Waals surface area contributed by atoms with Gasteiger partial charge in [-0.2, -0.15) is 4.98 Å². The molecule has 0 aromatic carbocycles. The van der Waals surface area contributed by atoms with Crippen LogP contribution in [0, 0.1) is 0 Å². The zero-order valence-corrected chi connectivity index (χ0v) is 9.76. The minimum Gasteiger partial charge on any atom is -0.394 e. The van der Waals surface area contributed by atoms with Crippen LogP contribution >= 0.6 is 0 Å². The molecule has 8 nitrogen and oxygen atoms in total. The van der Waals surface area contributed by atoms with Gasteiger partial charge < -0.3 is 25.4 Å². The average molecular weight is 257 g/mol. The van der Waals surface area contributed by atoms with Crippen LogP contribution in [0.25, 0.3) is 0 Å². The number of hydrogen-bond donors (Lipinski definition) is 3. The second kappa shape index (κ2) is 5.02. The Balaban J connectivity index is 2.35. The van der Waals surface area contributed by atoms with E-state index in [9.17, 15) is 9.90 Å². The summed E-state index contributed by atoms with van der Waals surface area (Å²) in [4.78, 5) is 15.3. The molecule has 0 aliphatic carbocycles. The fourth-order valence-electron chi connectivity index (χ4n) is 1.97. The van der Waals surface area contributed by atoms with Crippen LogP contribution in [-0.2, 0) is 9.47 Å². The fraction of sp³-hybridized carbons (Fsp3) is 0.600. The van der Waals surface area contributed by atoms with Crippen LogP contribution in [0.5, 0.6) is 0 Å². The van der Waals surface area contributed by atoms with Crippen molar-refractivity contribution in [3.8, 4) is 0 Å². The van der Waals surface area contributed by atoms with Gasteiger partial charge in [0.05, 0.1) is 6.61 Å². The molecule has 2 rings (SSSR count). The topological polar surface area (TPSA) is 120 Å². The van der Waals surface area contributed by atoms with Gasteiger partial charge in [-0.3, -0.25) is 4.57 Å². The number of hydrogen-bond acceptors (Lipinski definition) is 7. The molecule has 1 aliphatic rings. The Labute approximate surface area is 103 Å². The van der Waals surface area contributed by atoms with Crippen molar-refractivity contribution in [2.24, 2.45) is 0 Å². The van der Waals surface area contributed by atoms with Crippen LogP contribution in [0.4, 0.5) is 5.82 Å². The largest absolute Gasteiger partial charge is 0.394 e. The summed E-state index contributed by atoms with van der Waals surface area (Å²) < 4.78 is 11.7. The van der Waals surface area contributed by atoms with E-state index in [1.165, 1.54) is 23.9 Å². The minimum absolute atomic E-state index is 0.0995. The summed E-state index contributed by atoms with van der Waals surface area (Å²) in [6.07, 6.45) is -2.01. The third-order valence-electron chi connectivity index (χ3n) is 2.89. The first kappa shape index (κ1) is 13.0. The van der Waals surface area contributed by atoms with Gasteiger partial charge in [0.15, 0.2) is 6.23 Å². The lowest BCUT2D eigenvalue weighted by molar-refractivity contribution is -0.0624. The van der Waals surface area contributed by atoms with E-state index in [0.29, 0.717) is 0 Å². The summed E-state index contributed by atoms with van der Waals surface area (Å²) in [5.74, 6) is 0.0995. The van der Waals surface area contributed by atoms with Crippen molar-refractivity contribution >= 4 is 5.82 Å². The van der Waals surface area contributed by atoms with Crippen molar-refractivity contribution in [3.05, 3.63) is 22.7 Å². The van der Waals surface area contributed by atoms with E-state index in [2.05, 4.69) is 4.98 Å². The van der Waals surface area contributed by atoms with Crippen molar-refractivity contribution in [2.75, 3.05) is 19.5 Å². The van der Waals surface area contributed by atoms with Crippen LogP contribution in [0.3, 0.4) is 0 Å². The first-order valence-corrected chi connectivity index (χ1v) is 5.40. The zero-order valence-electron chi connectivity index (χ0n) is 9.76. The fourth-order valence-corrected chi connectivity index (χ4v) is 1.97. The maximum Gasteiger partial charge on any atom is 0.351 e. The van der Waals surface area contributed by atoms with Crippen LogP contribution < -0.4 is 11.4 Å². The van der Waals surface area contributed by atoms with Crippen LogP contribution in [0.2, 0.25) is 0 Å². The number of rotatable bonds is 3. The maximum atomic E-state index is 11.7. The Morgan fingerprint density at radius 2 is 2.39 bits per heavy atom. The predicted molar refractivity (Wildman–Crippen MR) is 60.7 cm³/mol. The van der Waals surface area contributed by atoms with Gasteiger partial charge in [-0.1, -0.05) is 0 Å². The molecule has 8 heteroatoms. The third kappa shape index (κ3) is 2.10. The van der Waals surface area contributed by atoms with Gasteiger partial charge >= 0.3 is 5.69 Å². The number of anilines is 1. The molecule has 0 radical (unpaired) electrons. The highest BCUT2D eigenvalue weighted by atomic mass is 16.6. The lowest BCUT2D eigenvalue weighted by Crippen LogP contribution is -2.37. The molecule has 100 valence electrons. The lowest BCUT2D eigenvalue weighted by atomic mass is 10.1. The summed E-state index contributed by atoms with van der Waals surface area (Å²) in [5.41, 5.74) is 4.78.